The van der Waals surface area contributed by atoms with Crippen LogP contribution in [-0.4, -0.2) is 61.2 Å². The third-order valence-corrected chi connectivity index (χ3v) is 4.44. The average Bonchev–Trinajstić information content (AvgIpc) is 3.02. The molecule has 0 unspecified atom stereocenters. The van der Waals surface area contributed by atoms with Gasteiger partial charge in [0.15, 0.2) is 11.6 Å². The minimum Gasteiger partial charge on any atom is -0.466 e. The maximum absolute atomic E-state index is 11.9. The van der Waals surface area contributed by atoms with Crippen LogP contribution < -0.4 is 5.32 Å². The van der Waals surface area contributed by atoms with Crippen LogP contribution in [-0.2, 0) is 28.5 Å². The zero-order valence-electron chi connectivity index (χ0n) is 14.5. The van der Waals surface area contributed by atoms with Crippen LogP contribution in [0.25, 0.3) is 0 Å². The molecular formula is C16H27NO6. The van der Waals surface area contributed by atoms with E-state index in [0.717, 1.165) is 0 Å². The van der Waals surface area contributed by atoms with Gasteiger partial charge in [0.1, 0.15) is 18.3 Å². The van der Waals surface area contributed by atoms with Crippen molar-refractivity contribution in [1.29, 1.82) is 0 Å². The summed E-state index contributed by atoms with van der Waals surface area (Å²) in [5.74, 6) is -1.50. The third kappa shape index (κ3) is 3.53. The number of esters is 1. The van der Waals surface area contributed by atoms with Crippen LogP contribution in [0.2, 0.25) is 0 Å². The molecule has 0 aromatic heterocycles. The summed E-state index contributed by atoms with van der Waals surface area (Å²) in [5, 5.41) is 3.44. The van der Waals surface area contributed by atoms with E-state index in [1.165, 1.54) is 0 Å². The van der Waals surface area contributed by atoms with E-state index in [-0.39, 0.29) is 42.8 Å². The minimum absolute atomic E-state index is 0.0806. The Morgan fingerprint density at radius 3 is 2.43 bits per heavy atom. The molecule has 0 amide bonds. The van der Waals surface area contributed by atoms with Gasteiger partial charge in [-0.1, -0.05) is 0 Å². The van der Waals surface area contributed by atoms with Crippen LogP contribution in [0, 0.1) is 0 Å². The monoisotopic (exact) mass is 329 g/mol. The molecule has 3 rings (SSSR count). The van der Waals surface area contributed by atoms with E-state index in [2.05, 4.69) is 5.32 Å². The van der Waals surface area contributed by atoms with Crippen molar-refractivity contribution in [2.75, 3.05) is 13.2 Å². The van der Waals surface area contributed by atoms with Gasteiger partial charge in [-0.05, 0) is 34.6 Å². The molecule has 7 heteroatoms. The highest BCUT2D eigenvalue weighted by Gasteiger charge is 2.57. The van der Waals surface area contributed by atoms with Crippen LogP contribution in [0.15, 0.2) is 0 Å². The van der Waals surface area contributed by atoms with Gasteiger partial charge in [-0.3, -0.25) is 4.79 Å². The van der Waals surface area contributed by atoms with Crippen molar-refractivity contribution in [3.05, 3.63) is 0 Å². The van der Waals surface area contributed by atoms with E-state index in [0.29, 0.717) is 13.2 Å². The molecule has 0 saturated carbocycles. The molecule has 3 fully saturated rings. The number of ether oxygens (including phenoxy) is 5. The summed E-state index contributed by atoms with van der Waals surface area (Å²) in [5.41, 5.74) is 0. The molecule has 132 valence electrons. The SMILES string of the molecule is CCOC(=O)C[C@H]1N[C@@H]([C@H]2COC(C)(C)O2)[C@H]2OC(C)(C)O[C@H]21. The molecular weight excluding hydrogens is 302 g/mol. The fraction of sp³-hybridized carbons (Fsp3) is 0.938. The van der Waals surface area contributed by atoms with Crippen LogP contribution in [0.1, 0.15) is 41.0 Å². The summed E-state index contributed by atoms with van der Waals surface area (Å²) < 4.78 is 28.8. The Bertz CT molecular complexity index is 465. The normalized spacial score (nSPS) is 41.0. The number of fused-ring (bicyclic) bond motifs is 1. The number of carbonyl (C=O) groups is 1. The second kappa shape index (κ2) is 5.97. The predicted molar refractivity (Wildman–Crippen MR) is 80.7 cm³/mol. The number of carbonyl (C=O) groups excluding carboxylic acids is 1. The van der Waals surface area contributed by atoms with Gasteiger partial charge in [-0.15, -0.1) is 0 Å². The first-order valence-corrected chi connectivity index (χ1v) is 8.30. The van der Waals surface area contributed by atoms with E-state index in [1.807, 2.05) is 27.7 Å². The Labute approximate surface area is 136 Å². The molecule has 0 aromatic rings. The summed E-state index contributed by atoms with van der Waals surface area (Å²) in [6.45, 7) is 10.2. The van der Waals surface area contributed by atoms with Gasteiger partial charge >= 0.3 is 5.97 Å². The lowest BCUT2D eigenvalue weighted by Gasteiger charge is -2.27. The van der Waals surface area contributed by atoms with Crippen molar-refractivity contribution < 1.29 is 28.5 Å². The maximum atomic E-state index is 11.9. The number of hydrogen-bond acceptors (Lipinski definition) is 7. The largest absolute Gasteiger partial charge is 0.466 e. The van der Waals surface area contributed by atoms with Gasteiger partial charge in [-0.2, -0.15) is 0 Å². The van der Waals surface area contributed by atoms with Crippen LogP contribution in [0.3, 0.4) is 0 Å². The highest BCUT2D eigenvalue weighted by Crippen LogP contribution is 2.39. The van der Waals surface area contributed by atoms with Crippen molar-refractivity contribution in [3.63, 3.8) is 0 Å². The quantitative estimate of drug-likeness (QED) is 0.770. The van der Waals surface area contributed by atoms with Gasteiger partial charge < -0.3 is 29.0 Å². The van der Waals surface area contributed by atoms with Gasteiger partial charge in [0.2, 0.25) is 0 Å². The maximum Gasteiger partial charge on any atom is 0.307 e. The Hall–Kier alpha value is -0.730. The Morgan fingerprint density at radius 2 is 1.83 bits per heavy atom. The molecule has 3 heterocycles. The minimum atomic E-state index is -0.669. The lowest BCUT2D eigenvalue weighted by molar-refractivity contribution is -0.169. The van der Waals surface area contributed by atoms with Crippen molar-refractivity contribution in [3.8, 4) is 0 Å². The van der Waals surface area contributed by atoms with Crippen LogP contribution in [0.5, 0.6) is 0 Å². The van der Waals surface area contributed by atoms with Crippen LogP contribution in [0.4, 0.5) is 0 Å². The van der Waals surface area contributed by atoms with Crippen molar-refractivity contribution in [2.45, 2.75) is 83.0 Å². The molecule has 0 radical (unpaired) electrons. The second-order valence-corrected chi connectivity index (χ2v) is 7.24. The Kier molecular flexibility index (Phi) is 4.44. The number of nitrogens with one attached hydrogen (secondary N) is 1. The molecule has 3 aliphatic heterocycles. The molecule has 3 aliphatic rings. The van der Waals surface area contributed by atoms with Gasteiger partial charge in [0.05, 0.1) is 25.7 Å². The first-order valence-electron chi connectivity index (χ1n) is 8.30. The zero-order chi connectivity index (χ0) is 16.8. The van der Waals surface area contributed by atoms with E-state index >= 15 is 0 Å². The van der Waals surface area contributed by atoms with E-state index < -0.39 is 11.6 Å². The fourth-order valence-corrected chi connectivity index (χ4v) is 3.63. The van der Waals surface area contributed by atoms with Crippen molar-refractivity contribution in [2.24, 2.45) is 0 Å². The summed E-state index contributed by atoms with van der Waals surface area (Å²) in [6, 6.07) is -0.235. The van der Waals surface area contributed by atoms with Gasteiger partial charge in [-0.25, -0.2) is 0 Å². The standard InChI is InChI=1S/C16H27NO6/c1-6-19-11(18)7-9-13-14(23-16(4,5)22-13)12(17-9)10-8-20-15(2,3)21-10/h9-10,12-14,17H,6-8H2,1-5H3/t9-,10-,12+,13+,14-/m1/s1. The average molecular weight is 329 g/mol. The summed E-state index contributed by atoms with van der Waals surface area (Å²) >= 11 is 0. The first-order chi connectivity index (χ1) is 10.7. The molecule has 0 aromatic carbocycles. The molecule has 23 heavy (non-hydrogen) atoms. The lowest BCUT2D eigenvalue weighted by atomic mass is 10.0. The number of hydrogen-bond donors (Lipinski definition) is 1. The van der Waals surface area contributed by atoms with Crippen molar-refractivity contribution >= 4 is 5.97 Å². The van der Waals surface area contributed by atoms with E-state index in [4.69, 9.17) is 23.7 Å². The Balaban J connectivity index is 1.73. The van der Waals surface area contributed by atoms with E-state index in [1.54, 1.807) is 6.92 Å². The molecule has 0 spiro atoms. The summed E-state index contributed by atoms with van der Waals surface area (Å²) in [7, 11) is 0. The zero-order valence-corrected chi connectivity index (χ0v) is 14.5. The highest BCUT2D eigenvalue weighted by atomic mass is 16.8. The van der Waals surface area contributed by atoms with E-state index in [9.17, 15) is 4.79 Å². The molecule has 7 nitrogen and oxygen atoms in total. The predicted octanol–water partition coefficient (Wildman–Crippen LogP) is 0.952. The highest BCUT2D eigenvalue weighted by molar-refractivity contribution is 5.70. The smallest absolute Gasteiger partial charge is 0.307 e. The third-order valence-electron chi connectivity index (χ3n) is 4.44. The van der Waals surface area contributed by atoms with Crippen LogP contribution >= 0.6 is 0 Å². The molecule has 5 atom stereocenters. The molecule has 0 bridgehead atoms. The molecule has 1 N–H and O–H groups in total. The topological polar surface area (TPSA) is 75.3 Å². The number of rotatable bonds is 4. The molecule has 3 saturated heterocycles. The second-order valence-electron chi connectivity index (χ2n) is 7.24. The summed E-state index contributed by atoms with van der Waals surface area (Å²) in [4.78, 5) is 11.9. The Morgan fingerprint density at radius 1 is 1.13 bits per heavy atom. The van der Waals surface area contributed by atoms with Gasteiger partial charge in [0, 0.05) is 6.04 Å². The first kappa shape index (κ1) is 17.1. The van der Waals surface area contributed by atoms with Gasteiger partial charge in [0.25, 0.3) is 0 Å². The van der Waals surface area contributed by atoms with Crippen molar-refractivity contribution in [1.82, 2.24) is 5.32 Å². The summed E-state index contributed by atoms with van der Waals surface area (Å²) in [6.07, 6.45) is -0.261. The fourth-order valence-electron chi connectivity index (χ4n) is 3.63. The lowest BCUT2D eigenvalue weighted by Crippen LogP contribution is -2.47. The molecule has 0 aliphatic carbocycles.